The number of carbonyl (C=O) groups excluding carboxylic acids is 2. The van der Waals surface area contributed by atoms with Crippen LogP contribution in [0.5, 0.6) is 5.75 Å². The summed E-state index contributed by atoms with van der Waals surface area (Å²) in [6.07, 6.45) is 1.42. The van der Waals surface area contributed by atoms with E-state index in [9.17, 15) is 14.9 Å². The van der Waals surface area contributed by atoms with Crippen molar-refractivity contribution in [3.8, 4) is 22.9 Å². The van der Waals surface area contributed by atoms with Crippen molar-refractivity contribution in [2.24, 2.45) is 0 Å². The maximum absolute atomic E-state index is 13.0. The zero-order valence-electron chi connectivity index (χ0n) is 19.5. The van der Waals surface area contributed by atoms with Crippen LogP contribution in [0.2, 0.25) is 0 Å². The van der Waals surface area contributed by atoms with Crippen LogP contribution in [0.1, 0.15) is 42.3 Å². The summed E-state index contributed by atoms with van der Waals surface area (Å²) in [5.74, 6) is -0.583. The number of nitrogens with one attached hydrogen (secondary N) is 1. The Labute approximate surface area is 203 Å². The van der Waals surface area contributed by atoms with Gasteiger partial charge in [-0.25, -0.2) is 4.79 Å². The van der Waals surface area contributed by atoms with E-state index >= 15 is 0 Å². The number of anilines is 1. The van der Waals surface area contributed by atoms with E-state index in [0.29, 0.717) is 21.9 Å². The molecule has 1 aromatic heterocycles. The number of thiophene rings is 1. The molecule has 0 spiro atoms. The number of carbonyl (C=O) groups is 2. The van der Waals surface area contributed by atoms with Gasteiger partial charge in [0.2, 0.25) is 0 Å². The van der Waals surface area contributed by atoms with Crippen molar-refractivity contribution < 1.29 is 19.1 Å². The molecule has 6 nitrogen and oxygen atoms in total. The Morgan fingerprint density at radius 1 is 1.15 bits per heavy atom. The normalized spacial score (nSPS) is 11.1. The molecule has 0 atom stereocenters. The lowest BCUT2D eigenvalue weighted by Crippen LogP contribution is -2.16. The first kappa shape index (κ1) is 24.7. The van der Waals surface area contributed by atoms with E-state index in [-0.39, 0.29) is 23.8 Å². The van der Waals surface area contributed by atoms with E-state index in [1.165, 1.54) is 17.4 Å². The zero-order valence-corrected chi connectivity index (χ0v) is 20.4. The van der Waals surface area contributed by atoms with Crippen LogP contribution in [0.4, 0.5) is 5.00 Å². The highest BCUT2D eigenvalue weighted by Gasteiger charge is 2.24. The lowest BCUT2D eigenvalue weighted by molar-refractivity contribution is -0.112. The molecule has 174 valence electrons. The Bertz CT molecular complexity index is 1250. The van der Waals surface area contributed by atoms with Gasteiger partial charge in [-0.15, -0.1) is 11.3 Å². The summed E-state index contributed by atoms with van der Waals surface area (Å²) in [4.78, 5) is 25.8. The quantitative estimate of drug-likeness (QED) is 0.237. The number of benzene rings is 2. The molecule has 0 fully saturated rings. The first-order valence-electron chi connectivity index (χ1n) is 10.9. The van der Waals surface area contributed by atoms with E-state index < -0.39 is 11.9 Å². The van der Waals surface area contributed by atoms with Crippen molar-refractivity contribution in [2.45, 2.75) is 33.8 Å². The van der Waals surface area contributed by atoms with Crippen LogP contribution < -0.4 is 10.1 Å². The highest BCUT2D eigenvalue weighted by Crippen LogP contribution is 2.36. The lowest BCUT2D eigenvalue weighted by Gasteiger charge is -2.12. The van der Waals surface area contributed by atoms with Gasteiger partial charge in [0.05, 0.1) is 12.7 Å². The van der Waals surface area contributed by atoms with Crippen molar-refractivity contribution >= 4 is 34.3 Å². The van der Waals surface area contributed by atoms with Crippen LogP contribution in [0.25, 0.3) is 17.2 Å². The molecule has 0 aliphatic rings. The number of ether oxygens (including phenoxy) is 2. The van der Waals surface area contributed by atoms with E-state index in [2.05, 4.69) is 5.32 Å². The number of nitriles is 1. The maximum Gasteiger partial charge on any atom is 0.341 e. The van der Waals surface area contributed by atoms with E-state index in [1.54, 1.807) is 30.5 Å². The topological polar surface area (TPSA) is 88.4 Å². The average Bonchev–Trinajstić information content (AvgIpc) is 3.22. The molecule has 1 amide bonds. The molecule has 1 heterocycles. The average molecular weight is 475 g/mol. The fraction of sp³-hybridized carbons (Fsp3) is 0.222. The molecule has 2 aromatic carbocycles. The third-order valence-electron chi connectivity index (χ3n) is 4.81. The number of nitrogens with zero attached hydrogens (tertiary/aromatic N) is 1. The summed E-state index contributed by atoms with van der Waals surface area (Å²) in [6, 6.07) is 16.9. The molecule has 0 aliphatic carbocycles. The fourth-order valence-electron chi connectivity index (χ4n) is 3.24. The minimum absolute atomic E-state index is 0.0626. The Kier molecular flexibility index (Phi) is 8.23. The molecule has 0 bridgehead atoms. The van der Waals surface area contributed by atoms with Gasteiger partial charge >= 0.3 is 5.97 Å². The van der Waals surface area contributed by atoms with Crippen molar-refractivity contribution in [3.63, 3.8) is 0 Å². The Hall–Kier alpha value is -3.89. The Morgan fingerprint density at radius 2 is 1.85 bits per heavy atom. The number of para-hydroxylation sites is 1. The summed E-state index contributed by atoms with van der Waals surface area (Å²) in [6.45, 7) is 7.71. The second-order valence-corrected chi connectivity index (χ2v) is 8.65. The van der Waals surface area contributed by atoms with Gasteiger partial charge in [0.1, 0.15) is 28.0 Å². The molecule has 3 rings (SSSR count). The highest BCUT2D eigenvalue weighted by molar-refractivity contribution is 7.15. The van der Waals surface area contributed by atoms with E-state index in [1.807, 2.05) is 57.2 Å². The van der Waals surface area contributed by atoms with Gasteiger partial charge in [-0.2, -0.15) is 5.26 Å². The summed E-state index contributed by atoms with van der Waals surface area (Å²) >= 11 is 1.21. The third-order valence-corrected chi connectivity index (χ3v) is 5.70. The number of esters is 1. The number of amides is 1. The van der Waals surface area contributed by atoms with Gasteiger partial charge < -0.3 is 14.8 Å². The molecule has 0 radical (unpaired) electrons. The van der Waals surface area contributed by atoms with Crippen LogP contribution >= 0.6 is 11.3 Å². The molecule has 34 heavy (non-hydrogen) atoms. The summed E-state index contributed by atoms with van der Waals surface area (Å²) in [5, 5.41) is 14.5. The predicted octanol–water partition coefficient (Wildman–Crippen LogP) is 6.23. The number of aryl methyl sites for hydroxylation is 1. The largest absolute Gasteiger partial charge is 0.490 e. The van der Waals surface area contributed by atoms with Crippen molar-refractivity contribution in [2.75, 3.05) is 11.9 Å². The third kappa shape index (κ3) is 5.91. The molecule has 0 saturated carbocycles. The van der Waals surface area contributed by atoms with Gasteiger partial charge in [0, 0.05) is 16.5 Å². The van der Waals surface area contributed by atoms with Gasteiger partial charge in [-0.3, -0.25) is 4.79 Å². The fourth-order valence-corrected chi connectivity index (χ4v) is 4.19. The van der Waals surface area contributed by atoms with Crippen LogP contribution in [0.3, 0.4) is 0 Å². The van der Waals surface area contributed by atoms with Crippen LogP contribution in [-0.2, 0) is 9.53 Å². The van der Waals surface area contributed by atoms with Gasteiger partial charge in [-0.1, -0.05) is 48.0 Å². The maximum atomic E-state index is 13.0. The van der Waals surface area contributed by atoms with Crippen LogP contribution in [0.15, 0.2) is 59.5 Å². The van der Waals surface area contributed by atoms with Crippen LogP contribution in [0, 0.1) is 18.3 Å². The van der Waals surface area contributed by atoms with Crippen LogP contribution in [-0.4, -0.2) is 24.6 Å². The van der Waals surface area contributed by atoms with Gasteiger partial charge in [0.25, 0.3) is 5.91 Å². The number of rotatable bonds is 8. The molecule has 0 saturated heterocycles. The van der Waals surface area contributed by atoms with Gasteiger partial charge in [0.15, 0.2) is 0 Å². The highest BCUT2D eigenvalue weighted by atomic mass is 32.1. The molecule has 0 unspecified atom stereocenters. The molecule has 1 N–H and O–H groups in total. The monoisotopic (exact) mass is 474 g/mol. The Morgan fingerprint density at radius 3 is 2.50 bits per heavy atom. The zero-order chi connectivity index (χ0) is 24.7. The smallest absolute Gasteiger partial charge is 0.341 e. The lowest BCUT2D eigenvalue weighted by atomic mass is 10.0. The van der Waals surface area contributed by atoms with E-state index in [0.717, 1.165) is 11.1 Å². The standard InChI is InChI=1S/C27H26N2O4S/c1-5-32-27(31)24-22(19-12-10-18(4)11-13-19)16-34-26(24)29-25(30)21(15-28)14-20-8-6-7-9-23(20)33-17(2)3/h6-14,16-17H,5H2,1-4H3,(H,29,30). The first-order chi connectivity index (χ1) is 16.3. The minimum Gasteiger partial charge on any atom is -0.490 e. The van der Waals surface area contributed by atoms with Gasteiger partial charge in [-0.05, 0) is 45.4 Å². The molecule has 7 heteroatoms. The SMILES string of the molecule is CCOC(=O)c1c(-c2ccc(C)cc2)csc1NC(=O)C(C#N)=Cc1ccccc1OC(C)C. The Balaban J connectivity index is 1.96. The number of hydrogen-bond donors (Lipinski definition) is 1. The van der Waals surface area contributed by atoms with Crippen molar-refractivity contribution in [1.82, 2.24) is 0 Å². The minimum atomic E-state index is -0.621. The molecule has 3 aromatic rings. The van der Waals surface area contributed by atoms with Crippen molar-refractivity contribution in [1.29, 1.82) is 5.26 Å². The summed E-state index contributed by atoms with van der Waals surface area (Å²) in [7, 11) is 0. The second kappa shape index (κ2) is 11.3. The molecule has 0 aliphatic heterocycles. The predicted molar refractivity (Wildman–Crippen MR) is 135 cm³/mol. The summed E-state index contributed by atoms with van der Waals surface area (Å²) in [5.41, 5.74) is 3.36. The summed E-state index contributed by atoms with van der Waals surface area (Å²) < 4.78 is 11.0. The molecular formula is C27H26N2O4S. The first-order valence-corrected chi connectivity index (χ1v) is 11.8. The van der Waals surface area contributed by atoms with E-state index in [4.69, 9.17) is 9.47 Å². The second-order valence-electron chi connectivity index (χ2n) is 7.77. The molecular weight excluding hydrogens is 448 g/mol. The number of hydrogen-bond acceptors (Lipinski definition) is 6. The van der Waals surface area contributed by atoms with Crippen molar-refractivity contribution in [3.05, 3.63) is 76.2 Å².